The Kier molecular flexibility index (Phi) is 5.57. The van der Waals surface area contributed by atoms with Crippen molar-refractivity contribution in [2.45, 2.75) is 13.8 Å². The number of carbonyl (C=O) groups is 1. The maximum atomic E-state index is 12.3. The van der Waals surface area contributed by atoms with Crippen LogP contribution in [0.1, 0.15) is 11.1 Å². The average Bonchev–Trinajstić information content (AvgIpc) is 3.25. The molecule has 30 heavy (non-hydrogen) atoms. The van der Waals surface area contributed by atoms with Crippen LogP contribution < -0.4 is 10.1 Å². The minimum Gasteiger partial charge on any atom is -0.483 e. The van der Waals surface area contributed by atoms with Crippen molar-refractivity contribution in [2.75, 3.05) is 11.9 Å². The fraction of sp³-hybridized carbons (Fsp3) is 0.125. The van der Waals surface area contributed by atoms with E-state index in [4.69, 9.17) is 9.26 Å². The number of rotatable bonds is 6. The van der Waals surface area contributed by atoms with Gasteiger partial charge in [-0.2, -0.15) is 4.98 Å². The van der Waals surface area contributed by atoms with Crippen molar-refractivity contribution in [3.63, 3.8) is 0 Å². The molecule has 0 spiro atoms. The Morgan fingerprint density at radius 2 is 1.70 bits per heavy atom. The SMILES string of the molecule is Cc1ccc(-c2noc(-c3ccccc3OCC(=O)Nc3ccccc3C)n2)cc1. The van der Waals surface area contributed by atoms with E-state index in [-0.39, 0.29) is 12.5 Å². The summed E-state index contributed by atoms with van der Waals surface area (Å²) in [6, 6.07) is 22.7. The average molecular weight is 399 g/mol. The second kappa shape index (κ2) is 8.61. The molecule has 150 valence electrons. The minimum absolute atomic E-state index is 0.135. The van der Waals surface area contributed by atoms with Gasteiger partial charge in [0.25, 0.3) is 11.8 Å². The van der Waals surface area contributed by atoms with Crippen LogP contribution in [0.25, 0.3) is 22.8 Å². The second-order valence-corrected chi connectivity index (χ2v) is 6.94. The number of hydrogen-bond acceptors (Lipinski definition) is 5. The highest BCUT2D eigenvalue weighted by Gasteiger charge is 2.16. The summed E-state index contributed by atoms with van der Waals surface area (Å²) < 4.78 is 11.2. The Balaban J connectivity index is 1.48. The van der Waals surface area contributed by atoms with Gasteiger partial charge in [0.05, 0.1) is 5.56 Å². The molecule has 1 amide bonds. The van der Waals surface area contributed by atoms with Crippen molar-refractivity contribution in [3.05, 3.63) is 83.9 Å². The van der Waals surface area contributed by atoms with Crippen LogP contribution in [0.3, 0.4) is 0 Å². The number of amides is 1. The zero-order valence-electron chi connectivity index (χ0n) is 16.8. The lowest BCUT2D eigenvalue weighted by Crippen LogP contribution is -2.20. The summed E-state index contributed by atoms with van der Waals surface area (Å²) in [5.41, 5.74) is 4.41. The third kappa shape index (κ3) is 4.38. The van der Waals surface area contributed by atoms with Crippen LogP contribution in [0.5, 0.6) is 5.75 Å². The van der Waals surface area contributed by atoms with E-state index in [2.05, 4.69) is 15.5 Å². The molecule has 0 bridgehead atoms. The first-order valence-corrected chi connectivity index (χ1v) is 9.58. The predicted molar refractivity (Wildman–Crippen MR) is 115 cm³/mol. The molecule has 4 aromatic rings. The fourth-order valence-electron chi connectivity index (χ4n) is 2.96. The van der Waals surface area contributed by atoms with Gasteiger partial charge in [-0.1, -0.05) is 65.3 Å². The largest absolute Gasteiger partial charge is 0.483 e. The summed E-state index contributed by atoms with van der Waals surface area (Å²) in [7, 11) is 0. The number of anilines is 1. The summed E-state index contributed by atoms with van der Waals surface area (Å²) >= 11 is 0. The van der Waals surface area contributed by atoms with Gasteiger partial charge in [0.2, 0.25) is 5.82 Å². The van der Waals surface area contributed by atoms with E-state index in [1.807, 2.05) is 80.6 Å². The quantitative estimate of drug-likeness (QED) is 0.492. The first-order chi connectivity index (χ1) is 14.6. The molecule has 1 aromatic heterocycles. The molecular formula is C24H21N3O3. The van der Waals surface area contributed by atoms with Gasteiger partial charge in [0, 0.05) is 11.3 Å². The molecule has 0 fully saturated rings. The van der Waals surface area contributed by atoms with Crippen molar-refractivity contribution in [2.24, 2.45) is 0 Å². The monoisotopic (exact) mass is 399 g/mol. The van der Waals surface area contributed by atoms with Gasteiger partial charge in [0.15, 0.2) is 6.61 Å². The Morgan fingerprint density at radius 3 is 2.50 bits per heavy atom. The summed E-state index contributed by atoms with van der Waals surface area (Å²) in [6.07, 6.45) is 0. The number of nitrogens with one attached hydrogen (secondary N) is 1. The van der Waals surface area contributed by atoms with Crippen molar-refractivity contribution in [1.82, 2.24) is 10.1 Å². The van der Waals surface area contributed by atoms with Gasteiger partial charge in [0.1, 0.15) is 5.75 Å². The molecule has 1 N–H and O–H groups in total. The van der Waals surface area contributed by atoms with E-state index >= 15 is 0 Å². The molecule has 4 rings (SSSR count). The molecular weight excluding hydrogens is 378 g/mol. The zero-order chi connectivity index (χ0) is 20.9. The van der Waals surface area contributed by atoms with Crippen molar-refractivity contribution in [1.29, 1.82) is 0 Å². The van der Waals surface area contributed by atoms with E-state index in [1.54, 1.807) is 6.07 Å². The summed E-state index contributed by atoms with van der Waals surface area (Å²) in [4.78, 5) is 16.8. The van der Waals surface area contributed by atoms with Crippen LogP contribution in [0.2, 0.25) is 0 Å². The van der Waals surface area contributed by atoms with Crippen molar-refractivity contribution < 1.29 is 14.1 Å². The Bertz CT molecular complexity index is 1170. The molecule has 0 aliphatic heterocycles. The Labute approximate surface area is 174 Å². The molecule has 0 saturated heterocycles. The third-order valence-electron chi connectivity index (χ3n) is 4.63. The number of aromatic nitrogens is 2. The van der Waals surface area contributed by atoms with E-state index in [0.29, 0.717) is 23.0 Å². The fourth-order valence-corrected chi connectivity index (χ4v) is 2.96. The topological polar surface area (TPSA) is 77.2 Å². The lowest BCUT2D eigenvalue weighted by molar-refractivity contribution is -0.118. The number of ether oxygens (including phenoxy) is 1. The molecule has 0 atom stereocenters. The smallest absolute Gasteiger partial charge is 0.262 e. The number of hydrogen-bond donors (Lipinski definition) is 1. The lowest BCUT2D eigenvalue weighted by Gasteiger charge is -2.11. The van der Waals surface area contributed by atoms with Gasteiger partial charge >= 0.3 is 0 Å². The molecule has 6 nitrogen and oxygen atoms in total. The molecule has 0 unspecified atom stereocenters. The highest BCUT2D eigenvalue weighted by molar-refractivity contribution is 5.92. The van der Waals surface area contributed by atoms with Crippen LogP contribution in [0.15, 0.2) is 77.3 Å². The first kappa shape index (κ1) is 19.4. The van der Waals surface area contributed by atoms with Crippen LogP contribution in [0, 0.1) is 13.8 Å². The maximum absolute atomic E-state index is 12.3. The van der Waals surface area contributed by atoms with Gasteiger partial charge < -0.3 is 14.6 Å². The third-order valence-corrected chi connectivity index (χ3v) is 4.63. The number of benzene rings is 3. The molecule has 0 radical (unpaired) electrons. The van der Waals surface area contributed by atoms with Gasteiger partial charge in [-0.25, -0.2) is 0 Å². The summed E-state index contributed by atoms with van der Waals surface area (Å²) in [6.45, 7) is 3.82. The number of carbonyl (C=O) groups excluding carboxylic acids is 1. The first-order valence-electron chi connectivity index (χ1n) is 9.58. The van der Waals surface area contributed by atoms with Crippen LogP contribution in [-0.2, 0) is 4.79 Å². The summed E-state index contributed by atoms with van der Waals surface area (Å²) in [5, 5.41) is 6.93. The highest BCUT2D eigenvalue weighted by atomic mass is 16.5. The van der Waals surface area contributed by atoms with Gasteiger partial charge in [-0.3, -0.25) is 4.79 Å². The number of aryl methyl sites for hydroxylation is 2. The van der Waals surface area contributed by atoms with Crippen molar-refractivity contribution >= 4 is 11.6 Å². The van der Waals surface area contributed by atoms with E-state index in [1.165, 1.54) is 0 Å². The highest BCUT2D eigenvalue weighted by Crippen LogP contribution is 2.30. The standard InChI is InChI=1S/C24H21N3O3/c1-16-11-13-18(14-12-16)23-26-24(30-27-23)19-8-4-6-10-21(19)29-15-22(28)25-20-9-5-3-7-17(20)2/h3-14H,15H2,1-2H3,(H,25,28). The minimum atomic E-state index is -0.245. The number of para-hydroxylation sites is 2. The van der Waals surface area contributed by atoms with E-state index < -0.39 is 0 Å². The number of nitrogens with zero attached hydrogens (tertiary/aromatic N) is 2. The zero-order valence-corrected chi connectivity index (χ0v) is 16.8. The normalized spacial score (nSPS) is 10.6. The molecule has 6 heteroatoms. The van der Waals surface area contributed by atoms with Crippen LogP contribution in [0.4, 0.5) is 5.69 Å². The predicted octanol–water partition coefficient (Wildman–Crippen LogP) is 5.04. The molecule has 0 aliphatic rings. The maximum Gasteiger partial charge on any atom is 0.262 e. The Morgan fingerprint density at radius 1 is 0.967 bits per heavy atom. The molecule has 1 heterocycles. The van der Waals surface area contributed by atoms with Gasteiger partial charge in [-0.15, -0.1) is 0 Å². The molecule has 3 aromatic carbocycles. The molecule has 0 saturated carbocycles. The molecule has 0 aliphatic carbocycles. The van der Waals surface area contributed by atoms with Gasteiger partial charge in [-0.05, 0) is 37.6 Å². The van der Waals surface area contributed by atoms with Crippen LogP contribution in [-0.4, -0.2) is 22.7 Å². The van der Waals surface area contributed by atoms with Crippen molar-refractivity contribution in [3.8, 4) is 28.6 Å². The lowest BCUT2D eigenvalue weighted by atomic mass is 10.1. The van der Waals surface area contributed by atoms with Crippen LogP contribution >= 0.6 is 0 Å². The van der Waals surface area contributed by atoms with E-state index in [9.17, 15) is 4.79 Å². The van der Waals surface area contributed by atoms with E-state index in [0.717, 1.165) is 22.4 Å². The Hall–Kier alpha value is -3.93. The summed E-state index contributed by atoms with van der Waals surface area (Å²) in [5.74, 6) is 1.08. The second-order valence-electron chi connectivity index (χ2n) is 6.94.